The molecule has 2 aromatic carbocycles. The van der Waals surface area contributed by atoms with Gasteiger partial charge in [-0.2, -0.15) is 13.2 Å². The number of alkyl halides is 3. The molecule has 1 aliphatic carbocycles. The molecule has 0 bridgehead atoms. The van der Waals surface area contributed by atoms with Gasteiger partial charge in [0, 0.05) is 24.7 Å². The Morgan fingerprint density at radius 2 is 1.62 bits per heavy atom. The van der Waals surface area contributed by atoms with E-state index in [0.717, 1.165) is 66.3 Å². The summed E-state index contributed by atoms with van der Waals surface area (Å²) in [5.41, 5.74) is -4.39. The molecule has 3 aliphatic rings. The minimum Gasteiger partial charge on any atom is -0.370 e. The van der Waals surface area contributed by atoms with Crippen molar-refractivity contribution in [2.75, 3.05) is 27.8 Å². The zero-order valence-corrected chi connectivity index (χ0v) is 21.8. The molecular formula is C27H25F3N4O4S. The van der Waals surface area contributed by atoms with Gasteiger partial charge in [-0.25, -0.2) is 18.1 Å². The van der Waals surface area contributed by atoms with E-state index in [0.29, 0.717) is 17.5 Å². The fraction of sp³-hybridized carbons (Fsp3) is 0.370. The first-order chi connectivity index (χ1) is 18.5. The van der Waals surface area contributed by atoms with Crippen LogP contribution in [0.3, 0.4) is 0 Å². The van der Waals surface area contributed by atoms with Crippen molar-refractivity contribution < 1.29 is 31.2 Å². The molecule has 3 heterocycles. The van der Waals surface area contributed by atoms with E-state index in [2.05, 4.69) is 9.88 Å². The number of aromatic nitrogens is 1. The predicted octanol–water partition coefficient (Wildman–Crippen LogP) is 5.27. The number of fused-ring (bicyclic) bond motifs is 1. The zero-order valence-electron chi connectivity index (χ0n) is 21.0. The molecule has 1 spiro atoms. The molecule has 2 atom stereocenters. The molecule has 3 aromatic rings. The smallest absolute Gasteiger partial charge is 0.370 e. The monoisotopic (exact) mass is 558 g/mol. The van der Waals surface area contributed by atoms with E-state index in [-0.39, 0.29) is 11.6 Å². The van der Waals surface area contributed by atoms with E-state index in [1.165, 1.54) is 11.3 Å². The number of sulfone groups is 1. The van der Waals surface area contributed by atoms with Gasteiger partial charge in [-0.15, -0.1) is 0 Å². The highest BCUT2D eigenvalue weighted by Gasteiger charge is 2.70. The molecular weight excluding hydrogens is 533 g/mol. The van der Waals surface area contributed by atoms with Crippen LogP contribution in [0.5, 0.6) is 0 Å². The Hall–Kier alpha value is -3.67. The predicted molar refractivity (Wildman–Crippen MR) is 139 cm³/mol. The quantitative estimate of drug-likeness (QED) is 0.406. The number of para-hydroxylation sites is 1. The van der Waals surface area contributed by atoms with E-state index in [1.807, 2.05) is 25.1 Å². The molecule has 1 aromatic heterocycles. The molecule has 1 saturated carbocycles. The molecule has 0 N–H and O–H groups in total. The van der Waals surface area contributed by atoms with Crippen molar-refractivity contribution in [2.24, 2.45) is 5.92 Å². The SMILES string of the molecule is CC1CC12C(=O)N(c1ccc(S(=O)(=O)C(F)(F)F)cc1)C(=O)N2c1ccnc2c(N3CCCCC3)cccc12. The number of rotatable bonds is 4. The summed E-state index contributed by atoms with van der Waals surface area (Å²) >= 11 is 0. The fourth-order valence-electron chi connectivity index (χ4n) is 5.85. The van der Waals surface area contributed by atoms with Gasteiger partial charge in [0.15, 0.2) is 0 Å². The second kappa shape index (κ2) is 8.67. The van der Waals surface area contributed by atoms with Gasteiger partial charge < -0.3 is 4.90 Å². The number of pyridine rings is 1. The van der Waals surface area contributed by atoms with Crippen molar-refractivity contribution in [1.82, 2.24) is 4.98 Å². The number of piperidine rings is 1. The van der Waals surface area contributed by atoms with Crippen LogP contribution < -0.4 is 14.7 Å². The molecule has 0 radical (unpaired) electrons. The molecule has 39 heavy (non-hydrogen) atoms. The Balaban J connectivity index is 1.42. The zero-order chi connectivity index (χ0) is 27.7. The number of hydrogen-bond acceptors (Lipinski definition) is 6. The molecule has 204 valence electrons. The highest BCUT2D eigenvalue weighted by atomic mass is 32.2. The normalized spacial score (nSPS) is 23.8. The number of urea groups is 1. The molecule has 12 heteroatoms. The van der Waals surface area contributed by atoms with Gasteiger partial charge in [-0.3, -0.25) is 14.7 Å². The third kappa shape index (κ3) is 3.71. The average Bonchev–Trinajstić information content (AvgIpc) is 3.53. The summed E-state index contributed by atoms with van der Waals surface area (Å²) in [5.74, 6) is -0.652. The second-order valence-electron chi connectivity index (χ2n) is 10.3. The van der Waals surface area contributed by atoms with Crippen molar-refractivity contribution in [2.45, 2.75) is 48.5 Å². The lowest BCUT2D eigenvalue weighted by Crippen LogP contribution is -2.39. The summed E-state index contributed by atoms with van der Waals surface area (Å²) in [7, 11) is -5.56. The second-order valence-corrected chi connectivity index (χ2v) is 12.2. The van der Waals surface area contributed by atoms with Gasteiger partial charge in [0.05, 0.1) is 27.5 Å². The number of carbonyl (C=O) groups is 2. The van der Waals surface area contributed by atoms with Crippen LogP contribution in [0, 0.1) is 5.92 Å². The summed E-state index contributed by atoms with van der Waals surface area (Å²) in [6, 6.07) is 10.4. The van der Waals surface area contributed by atoms with Crippen LogP contribution in [0.2, 0.25) is 0 Å². The number of nitrogens with zero attached hydrogens (tertiary/aromatic N) is 4. The molecule has 2 unspecified atom stereocenters. The topological polar surface area (TPSA) is 90.9 Å². The number of hydrogen-bond donors (Lipinski definition) is 0. The van der Waals surface area contributed by atoms with Crippen molar-refractivity contribution in [1.29, 1.82) is 0 Å². The molecule has 2 aliphatic heterocycles. The molecule has 3 amide bonds. The van der Waals surface area contributed by atoms with Crippen LogP contribution in [0.4, 0.5) is 35.0 Å². The van der Waals surface area contributed by atoms with E-state index in [4.69, 9.17) is 0 Å². The number of carbonyl (C=O) groups excluding carboxylic acids is 2. The van der Waals surface area contributed by atoms with Crippen LogP contribution in [-0.2, 0) is 14.6 Å². The number of halogens is 3. The third-order valence-corrected chi connectivity index (χ3v) is 9.50. The summed E-state index contributed by atoms with van der Waals surface area (Å²) in [6.07, 6.45) is 5.36. The van der Waals surface area contributed by atoms with Gasteiger partial charge in [0.25, 0.3) is 15.7 Å². The maximum absolute atomic E-state index is 13.9. The molecule has 6 rings (SSSR count). The first-order valence-electron chi connectivity index (χ1n) is 12.7. The van der Waals surface area contributed by atoms with E-state index >= 15 is 0 Å². The lowest BCUT2D eigenvalue weighted by atomic mass is 10.1. The van der Waals surface area contributed by atoms with Gasteiger partial charge >= 0.3 is 11.5 Å². The summed E-state index contributed by atoms with van der Waals surface area (Å²) in [6.45, 7) is 3.67. The van der Waals surface area contributed by atoms with Crippen molar-refractivity contribution in [3.63, 3.8) is 0 Å². The minimum absolute atomic E-state index is 0.000494. The third-order valence-electron chi connectivity index (χ3n) is 8.00. The summed E-state index contributed by atoms with van der Waals surface area (Å²) in [4.78, 5) is 36.0. The van der Waals surface area contributed by atoms with Gasteiger partial charge in [0.2, 0.25) is 0 Å². The number of benzene rings is 2. The van der Waals surface area contributed by atoms with E-state index in [1.54, 1.807) is 12.3 Å². The van der Waals surface area contributed by atoms with E-state index < -0.39 is 37.7 Å². The maximum atomic E-state index is 13.9. The molecule has 2 saturated heterocycles. The summed E-state index contributed by atoms with van der Waals surface area (Å²) < 4.78 is 62.5. The Bertz CT molecular complexity index is 1600. The Labute approximate surface area is 222 Å². The summed E-state index contributed by atoms with van der Waals surface area (Å²) in [5, 5.41) is 0.716. The fourth-order valence-corrected chi connectivity index (χ4v) is 6.61. The standard InChI is InChI=1S/C27H25F3N4O4S/c1-17-16-26(17)24(35)33(18-8-10-19(11-9-18)39(37,38)27(28,29)30)25(36)34(26)21-12-13-31-23-20(21)6-5-7-22(23)32-14-3-2-4-15-32/h5-13,17H,2-4,14-16H2,1H3. The first-order valence-corrected chi connectivity index (χ1v) is 14.2. The first kappa shape index (κ1) is 25.6. The Morgan fingerprint density at radius 3 is 2.23 bits per heavy atom. The van der Waals surface area contributed by atoms with Gasteiger partial charge in [0.1, 0.15) is 5.54 Å². The Kier molecular flexibility index (Phi) is 5.69. The van der Waals surface area contributed by atoms with Crippen molar-refractivity contribution in [3.05, 3.63) is 54.7 Å². The number of anilines is 3. The lowest BCUT2D eigenvalue weighted by Gasteiger charge is -2.30. The lowest BCUT2D eigenvalue weighted by molar-refractivity contribution is -0.119. The number of amides is 3. The highest BCUT2D eigenvalue weighted by molar-refractivity contribution is 7.92. The highest BCUT2D eigenvalue weighted by Crippen LogP contribution is 2.56. The van der Waals surface area contributed by atoms with Crippen molar-refractivity contribution in [3.8, 4) is 0 Å². The number of imide groups is 1. The van der Waals surface area contributed by atoms with Crippen LogP contribution >= 0.6 is 0 Å². The van der Waals surface area contributed by atoms with E-state index in [9.17, 15) is 31.2 Å². The average molecular weight is 559 g/mol. The largest absolute Gasteiger partial charge is 0.501 e. The maximum Gasteiger partial charge on any atom is 0.501 e. The van der Waals surface area contributed by atoms with Crippen LogP contribution in [0.15, 0.2) is 59.6 Å². The van der Waals surface area contributed by atoms with Crippen molar-refractivity contribution >= 4 is 49.7 Å². The van der Waals surface area contributed by atoms with Crippen LogP contribution in [-0.4, -0.2) is 49.5 Å². The van der Waals surface area contributed by atoms with Crippen LogP contribution in [0.25, 0.3) is 10.9 Å². The molecule has 8 nitrogen and oxygen atoms in total. The van der Waals surface area contributed by atoms with Gasteiger partial charge in [-0.05, 0) is 68.0 Å². The minimum atomic E-state index is -5.56. The molecule has 3 fully saturated rings. The van der Waals surface area contributed by atoms with Crippen LogP contribution in [0.1, 0.15) is 32.6 Å². The Morgan fingerprint density at radius 1 is 0.949 bits per heavy atom. The van der Waals surface area contributed by atoms with Gasteiger partial charge in [-0.1, -0.05) is 19.1 Å².